The van der Waals surface area contributed by atoms with Crippen LogP contribution < -0.4 is 30.4 Å². The Morgan fingerprint density at radius 1 is 1.00 bits per heavy atom. The van der Waals surface area contributed by atoms with Crippen LogP contribution in [-0.4, -0.2) is 38.6 Å². The van der Waals surface area contributed by atoms with Gasteiger partial charge in [0.05, 0.1) is 39.5 Å². The molecule has 8 heteroatoms. The van der Waals surface area contributed by atoms with E-state index in [0.29, 0.717) is 17.9 Å². The molecule has 5 unspecified atom stereocenters. The fourth-order valence-electron chi connectivity index (χ4n) is 4.61. The van der Waals surface area contributed by atoms with Crippen molar-refractivity contribution in [1.82, 2.24) is 16.2 Å². The van der Waals surface area contributed by atoms with E-state index in [1.807, 2.05) is 42.5 Å². The maximum absolute atomic E-state index is 12.3. The molecule has 0 bridgehead atoms. The van der Waals surface area contributed by atoms with E-state index in [2.05, 4.69) is 16.2 Å². The second-order valence-electron chi connectivity index (χ2n) is 7.61. The molecule has 30 heavy (non-hydrogen) atoms. The Bertz CT molecular complexity index is 921. The van der Waals surface area contributed by atoms with Gasteiger partial charge in [-0.05, 0) is 42.3 Å². The molecule has 0 radical (unpaired) electrons. The van der Waals surface area contributed by atoms with Crippen LogP contribution in [0.15, 0.2) is 42.5 Å². The van der Waals surface area contributed by atoms with Crippen LogP contribution in [0.5, 0.6) is 17.2 Å². The highest BCUT2D eigenvalue weighted by Gasteiger charge is 2.49. The summed E-state index contributed by atoms with van der Waals surface area (Å²) in [5.74, 6) is 0.599. The first-order valence-electron chi connectivity index (χ1n) is 9.91. The Balaban J connectivity index is 1.65. The number of piperidine rings is 1. The number of nitrogens with one attached hydrogen (secondary N) is 3. The van der Waals surface area contributed by atoms with Gasteiger partial charge < -0.3 is 19.3 Å². The first-order chi connectivity index (χ1) is 14.5. The van der Waals surface area contributed by atoms with E-state index in [0.717, 1.165) is 16.9 Å². The normalized spacial score (nSPS) is 27.9. The van der Waals surface area contributed by atoms with Crippen LogP contribution in [0.4, 0.5) is 0 Å². The number of methoxy groups -OCH3 is 3. The molecule has 160 valence electrons. The summed E-state index contributed by atoms with van der Waals surface area (Å²) in [6.07, 6.45) is 0.209. The topological polar surface area (TPSA) is 101 Å². The predicted octanol–water partition coefficient (Wildman–Crippen LogP) is 2.24. The fraction of sp³-hybridized carbons (Fsp3) is 0.409. The SMILES string of the molecule is COc1cccc(C2NNC3NC(c4cc(OC)ccc4OC)CC(C(=O)O)C32)c1. The van der Waals surface area contributed by atoms with Crippen LogP contribution in [0.3, 0.4) is 0 Å². The van der Waals surface area contributed by atoms with Gasteiger partial charge in [0.25, 0.3) is 0 Å². The monoisotopic (exact) mass is 413 g/mol. The molecule has 2 aromatic rings. The molecule has 2 saturated heterocycles. The van der Waals surface area contributed by atoms with Crippen LogP contribution >= 0.6 is 0 Å². The van der Waals surface area contributed by atoms with E-state index in [4.69, 9.17) is 14.2 Å². The second kappa shape index (κ2) is 8.51. The molecule has 0 saturated carbocycles. The Hall–Kier alpha value is -2.81. The number of carboxylic acids is 1. The summed E-state index contributed by atoms with van der Waals surface area (Å²) in [5.41, 5.74) is 8.41. The molecule has 8 nitrogen and oxygen atoms in total. The highest BCUT2D eigenvalue weighted by atomic mass is 16.5. The molecule has 0 aliphatic carbocycles. The third-order valence-corrected chi connectivity index (χ3v) is 6.08. The first kappa shape index (κ1) is 20.5. The Morgan fingerprint density at radius 3 is 2.47 bits per heavy atom. The molecule has 5 atom stereocenters. The minimum Gasteiger partial charge on any atom is -0.497 e. The van der Waals surface area contributed by atoms with E-state index < -0.39 is 11.9 Å². The van der Waals surface area contributed by atoms with Crippen molar-refractivity contribution in [3.63, 3.8) is 0 Å². The van der Waals surface area contributed by atoms with Crippen molar-refractivity contribution >= 4 is 5.97 Å². The number of carbonyl (C=O) groups is 1. The number of fused-ring (bicyclic) bond motifs is 1. The van der Waals surface area contributed by atoms with Crippen LogP contribution in [0.25, 0.3) is 0 Å². The first-order valence-corrected chi connectivity index (χ1v) is 9.91. The molecular weight excluding hydrogens is 386 g/mol. The lowest BCUT2D eigenvalue weighted by atomic mass is 9.74. The van der Waals surface area contributed by atoms with Crippen molar-refractivity contribution in [3.8, 4) is 17.2 Å². The van der Waals surface area contributed by atoms with Gasteiger partial charge in [0.1, 0.15) is 17.2 Å². The predicted molar refractivity (Wildman–Crippen MR) is 110 cm³/mol. The van der Waals surface area contributed by atoms with Crippen molar-refractivity contribution in [1.29, 1.82) is 0 Å². The second-order valence-corrected chi connectivity index (χ2v) is 7.61. The number of aliphatic carboxylic acids is 1. The number of ether oxygens (including phenoxy) is 3. The minimum atomic E-state index is -0.809. The number of rotatable bonds is 6. The lowest BCUT2D eigenvalue weighted by Gasteiger charge is -2.39. The summed E-state index contributed by atoms with van der Waals surface area (Å²) >= 11 is 0. The average molecular weight is 413 g/mol. The van der Waals surface area contributed by atoms with Gasteiger partial charge in [0.2, 0.25) is 0 Å². The van der Waals surface area contributed by atoms with Gasteiger partial charge in [-0.25, -0.2) is 10.9 Å². The molecule has 2 aliphatic rings. The molecule has 4 rings (SSSR count). The fourth-order valence-corrected chi connectivity index (χ4v) is 4.61. The summed E-state index contributed by atoms with van der Waals surface area (Å²) in [7, 11) is 4.84. The van der Waals surface area contributed by atoms with Crippen molar-refractivity contribution in [2.45, 2.75) is 24.7 Å². The van der Waals surface area contributed by atoms with Crippen molar-refractivity contribution in [3.05, 3.63) is 53.6 Å². The number of hydrazine groups is 1. The van der Waals surface area contributed by atoms with E-state index in [-0.39, 0.29) is 24.2 Å². The van der Waals surface area contributed by atoms with Gasteiger partial charge in [-0.1, -0.05) is 12.1 Å². The largest absolute Gasteiger partial charge is 0.497 e. The van der Waals surface area contributed by atoms with E-state index in [1.165, 1.54) is 0 Å². The lowest BCUT2D eigenvalue weighted by molar-refractivity contribution is -0.146. The molecular formula is C22H27N3O5. The van der Waals surface area contributed by atoms with Gasteiger partial charge >= 0.3 is 5.97 Å². The highest BCUT2D eigenvalue weighted by Crippen LogP contribution is 2.44. The summed E-state index contributed by atoms with van der Waals surface area (Å²) in [4.78, 5) is 12.3. The molecule has 2 aliphatic heterocycles. The standard InChI is InChI=1S/C22H27N3O5/c1-28-13-6-4-5-12(9-13)20-19-16(22(26)27)11-17(23-21(19)25-24-20)15-10-14(29-2)7-8-18(15)30-3/h4-10,16-17,19-21,23-25H,11H2,1-3H3,(H,26,27). The Kier molecular flexibility index (Phi) is 5.80. The highest BCUT2D eigenvalue weighted by molar-refractivity contribution is 5.71. The van der Waals surface area contributed by atoms with Gasteiger partial charge in [0.15, 0.2) is 0 Å². The van der Waals surface area contributed by atoms with E-state index in [1.54, 1.807) is 21.3 Å². The maximum Gasteiger partial charge on any atom is 0.307 e. The van der Waals surface area contributed by atoms with Crippen LogP contribution in [-0.2, 0) is 4.79 Å². The Labute approximate surface area is 175 Å². The van der Waals surface area contributed by atoms with Gasteiger partial charge in [-0.3, -0.25) is 10.1 Å². The number of carboxylic acid groups (broad SMARTS) is 1. The average Bonchev–Trinajstić information content (AvgIpc) is 3.21. The van der Waals surface area contributed by atoms with E-state index >= 15 is 0 Å². The zero-order valence-corrected chi connectivity index (χ0v) is 17.2. The Morgan fingerprint density at radius 2 is 1.77 bits per heavy atom. The number of hydrogen-bond acceptors (Lipinski definition) is 7. The van der Waals surface area contributed by atoms with Gasteiger partial charge in [-0.2, -0.15) is 0 Å². The third-order valence-electron chi connectivity index (χ3n) is 6.08. The summed E-state index contributed by atoms with van der Waals surface area (Å²) < 4.78 is 16.2. The number of benzene rings is 2. The van der Waals surface area contributed by atoms with Gasteiger partial charge in [0, 0.05) is 17.5 Å². The molecule has 0 amide bonds. The molecule has 2 aromatic carbocycles. The van der Waals surface area contributed by atoms with E-state index in [9.17, 15) is 9.90 Å². The third kappa shape index (κ3) is 3.69. The zero-order valence-electron chi connectivity index (χ0n) is 17.2. The quantitative estimate of drug-likeness (QED) is 0.572. The molecule has 2 fully saturated rings. The van der Waals surface area contributed by atoms with Crippen LogP contribution in [0.2, 0.25) is 0 Å². The van der Waals surface area contributed by atoms with Crippen LogP contribution in [0, 0.1) is 11.8 Å². The molecule has 2 heterocycles. The van der Waals surface area contributed by atoms with Gasteiger partial charge in [-0.15, -0.1) is 0 Å². The maximum atomic E-state index is 12.3. The van der Waals surface area contributed by atoms with Crippen molar-refractivity contribution < 1.29 is 24.1 Å². The molecule has 0 aromatic heterocycles. The summed E-state index contributed by atoms with van der Waals surface area (Å²) in [5, 5.41) is 13.6. The smallest absolute Gasteiger partial charge is 0.307 e. The minimum absolute atomic E-state index is 0.160. The van der Waals surface area contributed by atoms with Crippen molar-refractivity contribution in [2.75, 3.05) is 21.3 Å². The lowest BCUT2D eigenvalue weighted by Crippen LogP contribution is -2.53. The van der Waals surface area contributed by atoms with Crippen molar-refractivity contribution in [2.24, 2.45) is 11.8 Å². The summed E-state index contributed by atoms with van der Waals surface area (Å²) in [6, 6.07) is 12.9. The summed E-state index contributed by atoms with van der Waals surface area (Å²) in [6.45, 7) is 0. The zero-order chi connectivity index (χ0) is 21.3. The molecule has 0 spiro atoms. The molecule has 4 N–H and O–H groups in total. The van der Waals surface area contributed by atoms with Crippen LogP contribution in [0.1, 0.15) is 29.6 Å². The number of hydrogen-bond donors (Lipinski definition) is 4.